The molecule has 1 aliphatic heterocycles. The number of likely N-dealkylation sites (N-methyl/N-ethyl adjacent to an activating group) is 1. The van der Waals surface area contributed by atoms with Crippen molar-refractivity contribution in [3.05, 3.63) is 59.8 Å². The zero-order chi connectivity index (χ0) is 20.5. The highest BCUT2D eigenvalue weighted by Crippen LogP contribution is 2.18. The number of hydrogen-bond acceptors (Lipinski definition) is 6. The Morgan fingerprint density at radius 1 is 1.03 bits per heavy atom. The average molecular weight is 397 g/mol. The Morgan fingerprint density at radius 3 is 2.55 bits per heavy atom. The number of nitrogens with one attached hydrogen (secondary N) is 2. The van der Waals surface area contributed by atoms with Crippen LogP contribution in [-0.2, 0) is 22.7 Å². The molecule has 0 saturated carbocycles. The highest BCUT2D eigenvalue weighted by Gasteiger charge is 2.18. The lowest BCUT2D eigenvalue weighted by Crippen LogP contribution is -2.45. The second-order valence-electron chi connectivity index (χ2n) is 6.96. The van der Waals surface area contributed by atoms with Gasteiger partial charge in [0.25, 0.3) is 0 Å². The summed E-state index contributed by atoms with van der Waals surface area (Å²) in [6.45, 7) is 4.11. The number of piperazine rings is 1. The number of rotatable bonds is 7. The molecule has 0 spiro atoms. The minimum Gasteiger partial charge on any atom is -0.460 e. The van der Waals surface area contributed by atoms with Crippen molar-refractivity contribution in [1.29, 1.82) is 0 Å². The summed E-state index contributed by atoms with van der Waals surface area (Å²) in [5.74, 6) is 0.409. The molecule has 1 aromatic heterocycles. The molecule has 1 aliphatic rings. The zero-order valence-corrected chi connectivity index (χ0v) is 16.6. The van der Waals surface area contributed by atoms with Crippen molar-refractivity contribution in [2.75, 3.05) is 44.7 Å². The summed E-state index contributed by atoms with van der Waals surface area (Å²) in [5.41, 5.74) is 1.84. The first-order valence-electron chi connectivity index (χ1n) is 9.70. The van der Waals surface area contributed by atoms with Crippen molar-refractivity contribution in [1.82, 2.24) is 20.5 Å². The van der Waals surface area contributed by atoms with E-state index >= 15 is 0 Å². The second kappa shape index (κ2) is 10.4. The molecule has 0 aliphatic carbocycles. The number of carbonyl (C=O) groups is 2. The minimum atomic E-state index is -0.483. The molecule has 1 fully saturated rings. The SMILES string of the molecule is CN1CCN(c2ncccc2CNC(=O)NCC(=O)OCc2ccccc2)CC1. The van der Waals surface area contributed by atoms with Crippen LogP contribution >= 0.6 is 0 Å². The number of nitrogens with zero attached hydrogens (tertiary/aromatic N) is 3. The van der Waals surface area contributed by atoms with Crippen molar-refractivity contribution < 1.29 is 14.3 Å². The molecule has 0 radical (unpaired) electrons. The highest BCUT2D eigenvalue weighted by atomic mass is 16.5. The van der Waals surface area contributed by atoms with E-state index in [-0.39, 0.29) is 13.2 Å². The number of amides is 2. The summed E-state index contributed by atoms with van der Waals surface area (Å²) < 4.78 is 5.15. The van der Waals surface area contributed by atoms with Gasteiger partial charge < -0.3 is 25.2 Å². The molecule has 3 rings (SSSR count). The van der Waals surface area contributed by atoms with Gasteiger partial charge in [-0.3, -0.25) is 4.79 Å². The van der Waals surface area contributed by atoms with E-state index in [0.29, 0.717) is 6.54 Å². The van der Waals surface area contributed by atoms with Crippen molar-refractivity contribution in [2.45, 2.75) is 13.2 Å². The van der Waals surface area contributed by atoms with Crippen LogP contribution in [0.3, 0.4) is 0 Å². The van der Waals surface area contributed by atoms with Gasteiger partial charge in [0.15, 0.2) is 0 Å². The molecule has 2 amide bonds. The summed E-state index contributed by atoms with van der Waals surface area (Å²) in [6.07, 6.45) is 1.76. The Kier molecular flexibility index (Phi) is 7.40. The van der Waals surface area contributed by atoms with Crippen molar-refractivity contribution in [3.8, 4) is 0 Å². The molecular formula is C21H27N5O3. The molecule has 29 heavy (non-hydrogen) atoms. The fourth-order valence-corrected chi connectivity index (χ4v) is 3.05. The fourth-order valence-electron chi connectivity index (χ4n) is 3.05. The lowest BCUT2D eigenvalue weighted by atomic mass is 10.2. The number of anilines is 1. The number of carbonyl (C=O) groups excluding carboxylic acids is 2. The van der Waals surface area contributed by atoms with Gasteiger partial charge in [0.05, 0.1) is 0 Å². The third-order valence-electron chi connectivity index (χ3n) is 4.75. The van der Waals surface area contributed by atoms with Crippen LogP contribution in [0.5, 0.6) is 0 Å². The Bertz CT molecular complexity index is 807. The van der Waals surface area contributed by atoms with Gasteiger partial charge in [-0.15, -0.1) is 0 Å². The van der Waals surface area contributed by atoms with E-state index in [1.807, 2.05) is 42.5 Å². The number of ether oxygens (including phenoxy) is 1. The summed E-state index contributed by atoms with van der Waals surface area (Å²) in [7, 11) is 2.10. The Hall–Kier alpha value is -3.13. The third kappa shape index (κ3) is 6.46. The normalized spacial score (nSPS) is 14.3. The van der Waals surface area contributed by atoms with Crippen LogP contribution in [0, 0.1) is 0 Å². The molecule has 8 heteroatoms. The van der Waals surface area contributed by atoms with Crippen molar-refractivity contribution in [2.24, 2.45) is 0 Å². The van der Waals surface area contributed by atoms with Crippen LogP contribution in [0.15, 0.2) is 48.7 Å². The third-order valence-corrected chi connectivity index (χ3v) is 4.75. The molecule has 1 aromatic carbocycles. The van der Waals surface area contributed by atoms with E-state index < -0.39 is 12.0 Å². The van der Waals surface area contributed by atoms with Crippen LogP contribution in [0.25, 0.3) is 0 Å². The standard InChI is InChI=1S/C21H27N5O3/c1-25-10-12-26(13-11-25)20-18(8-5-9-22-20)14-23-21(28)24-15-19(27)29-16-17-6-3-2-4-7-17/h2-9H,10-16H2,1H3,(H2,23,24,28). The first kappa shape index (κ1) is 20.6. The molecule has 2 heterocycles. The monoisotopic (exact) mass is 397 g/mol. The maximum Gasteiger partial charge on any atom is 0.325 e. The van der Waals surface area contributed by atoms with Crippen LogP contribution in [-0.4, -0.2) is 61.7 Å². The van der Waals surface area contributed by atoms with Gasteiger partial charge in [0, 0.05) is 44.5 Å². The topological polar surface area (TPSA) is 86.8 Å². The average Bonchev–Trinajstić information content (AvgIpc) is 2.76. The lowest BCUT2D eigenvalue weighted by Gasteiger charge is -2.34. The van der Waals surface area contributed by atoms with Gasteiger partial charge in [-0.05, 0) is 18.7 Å². The number of aromatic nitrogens is 1. The minimum absolute atomic E-state index is 0.184. The summed E-state index contributed by atoms with van der Waals surface area (Å²) in [4.78, 5) is 32.9. The van der Waals surface area contributed by atoms with E-state index in [4.69, 9.17) is 4.74 Å². The molecule has 0 unspecified atom stereocenters. The number of esters is 1. The maximum atomic E-state index is 12.1. The summed E-state index contributed by atoms with van der Waals surface area (Å²) in [5, 5.41) is 5.31. The number of pyridine rings is 1. The van der Waals surface area contributed by atoms with Gasteiger partial charge in [0.1, 0.15) is 19.0 Å². The fraction of sp³-hybridized carbons (Fsp3) is 0.381. The molecule has 2 aromatic rings. The first-order valence-corrected chi connectivity index (χ1v) is 9.70. The highest BCUT2D eigenvalue weighted by molar-refractivity contribution is 5.80. The molecule has 2 N–H and O–H groups in total. The van der Waals surface area contributed by atoms with Crippen molar-refractivity contribution >= 4 is 17.8 Å². The predicted octanol–water partition coefficient (Wildman–Crippen LogP) is 1.38. The Labute approximate surface area is 170 Å². The molecule has 154 valence electrons. The van der Waals surface area contributed by atoms with Crippen LogP contribution in [0.1, 0.15) is 11.1 Å². The smallest absolute Gasteiger partial charge is 0.325 e. The van der Waals surface area contributed by atoms with E-state index in [9.17, 15) is 9.59 Å². The maximum absolute atomic E-state index is 12.1. The summed E-state index contributed by atoms with van der Waals surface area (Å²) >= 11 is 0. The molecule has 8 nitrogen and oxygen atoms in total. The van der Waals surface area contributed by atoms with E-state index in [1.54, 1.807) is 6.20 Å². The van der Waals surface area contributed by atoms with Gasteiger partial charge in [-0.2, -0.15) is 0 Å². The largest absolute Gasteiger partial charge is 0.460 e. The summed E-state index contributed by atoms with van der Waals surface area (Å²) in [6, 6.07) is 12.8. The predicted molar refractivity (Wildman–Crippen MR) is 110 cm³/mol. The van der Waals surface area contributed by atoms with E-state index in [1.165, 1.54) is 0 Å². The van der Waals surface area contributed by atoms with Gasteiger partial charge in [-0.1, -0.05) is 36.4 Å². The Balaban J connectivity index is 1.42. The molecular weight excluding hydrogens is 370 g/mol. The van der Waals surface area contributed by atoms with Crippen molar-refractivity contribution in [3.63, 3.8) is 0 Å². The van der Waals surface area contributed by atoms with Gasteiger partial charge in [0.2, 0.25) is 0 Å². The zero-order valence-electron chi connectivity index (χ0n) is 16.6. The van der Waals surface area contributed by atoms with E-state index in [0.717, 1.165) is 43.1 Å². The number of urea groups is 1. The second-order valence-corrected chi connectivity index (χ2v) is 6.96. The Morgan fingerprint density at radius 2 is 1.79 bits per heavy atom. The van der Waals surface area contributed by atoms with E-state index in [2.05, 4.69) is 32.5 Å². The number of hydrogen-bond donors (Lipinski definition) is 2. The molecule has 1 saturated heterocycles. The van der Waals surface area contributed by atoms with Gasteiger partial charge in [-0.25, -0.2) is 9.78 Å². The van der Waals surface area contributed by atoms with Crippen LogP contribution in [0.2, 0.25) is 0 Å². The molecule has 0 bridgehead atoms. The number of benzene rings is 1. The quantitative estimate of drug-likeness (QED) is 0.687. The lowest BCUT2D eigenvalue weighted by molar-refractivity contribution is -0.143. The first-order chi connectivity index (χ1) is 14.1. The van der Waals surface area contributed by atoms with Crippen LogP contribution in [0.4, 0.5) is 10.6 Å². The van der Waals surface area contributed by atoms with Crippen LogP contribution < -0.4 is 15.5 Å². The molecule has 0 atom stereocenters. The van der Waals surface area contributed by atoms with Gasteiger partial charge >= 0.3 is 12.0 Å².